The highest BCUT2D eigenvalue weighted by Crippen LogP contribution is 2.31. The Hall–Kier alpha value is -0.610. The summed E-state index contributed by atoms with van der Waals surface area (Å²) in [6.07, 6.45) is 6.61. The van der Waals surface area contributed by atoms with E-state index in [0.717, 1.165) is 24.8 Å². The van der Waals surface area contributed by atoms with Gasteiger partial charge < -0.3 is 10.8 Å². The lowest BCUT2D eigenvalue weighted by molar-refractivity contribution is -0.122. The number of rotatable bonds is 4. The largest absolute Gasteiger partial charge is 0.392 e. The van der Waals surface area contributed by atoms with Crippen LogP contribution in [0.1, 0.15) is 45.4 Å². The Morgan fingerprint density at radius 1 is 1.39 bits per heavy atom. The van der Waals surface area contributed by atoms with Gasteiger partial charge in [-0.15, -0.1) is 0 Å². The Balaban J connectivity index is 1.80. The van der Waals surface area contributed by atoms with Crippen molar-refractivity contribution in [2.24, 2.45) is 17.6 Å². The van der Waals surface area contributed by atoms with Crippen LogP contribution in [0.2, 0.25) is 0 Å². The van der Waals surface area contributed by atoms with Gasteiger partial charge in [-0.05, 0) is 37.6 Å². The van der Waals surface area contributed by atoms with Crippen molar-refractivity contribution in [1.29, 1.82) is 0 Å². The Morgan fingerprint density at radius 3 is 2.83 bits per heavy atom. The minimum Gasteiger partial charge on any atom is -0.392 e. The number of likely N-dealkylation sites (tertiary alicyclic amines) is 1. The third-order valence-electron chi connectivity index (χ3n) is 4.58. The number of primary amides is 1. The second-order valence-corrected chi connectivity index (χ2v) is 6.23. The van der Waals surface area contributed by atoms with Crippen LogP contribution in [0.5, 0.6) is 0 Å². The van der Waals surface area contributed by atoms with Crippen LogP contribution in [0, 0.1) is 11.8 Å². The molecular weight excluding hydrogens is 228 g/mol. The minimum absolute atomic E-state index is 0.249. The molecule has 0 bridgehead atoms. The molecule has 1 aliphatic heterocycles. The first-order chi connectivity index (χ1) is 8.56. The third kappa shape index (κ3) is 3.45. The molecule has 104 valence electrons. The van der Waals surface area contributed by atoms with Crippen molar-refractivity contribution in [2.45, 2.75) is 57.6 Å². The highest BCUT2D eigenvalue weighted by molar-refractivity contribution is 5.80. The predicted octanol–water partition coefficient (Wildman–Crippen LogP) is 1.12. The van der Waals surface area contributed by atoms with Crippen LogP contribution in [0.25, 0.3) is 0 Å². The molecule has 1 heterocycles. The van der Waals surface area contributed by atoms with Crippen LogP contribution in [-0.2, 0) is 4.79 Å². The zero-order valence-electron chi connectivity index (χ0n) is 11.3. The molecule has 4 nitrogen and oxygen atoms in total. The van der Waals surface area contributed by atoms with E-state index in [4.69, 9.17) is 5.73 Å². The van der Waals surface area contributed by atoms with Gasteiger partial charge in [0.1, 0.15) is 0 Å². The molecule has 1 saturated carbocycles. The minimum atomic E-state index is -0.382. The summed E-state index contributed by atoms with van der Waals surface area (Å²) in [5, 5.41) is 9.65. The van der Waals surface area contributed by atoms with Crippen LogP contribution in [-0.4, -0.2) is 41.1 Å². The molecule has 0 aromatic rings. The van der Waals surface area contributed by atoms with E-state index in [9.17, 15) is 9.90 Å². The first kappa shape index (κ1) is 13.8. The molecule has 0 unspecified atom stereocenters. The second kappa shape index (κ2) is 6.02. The standard InChI is InChI=1S/C14H26N2O2/c1-10-3-2-4-11(7-10)5-6-16-9-12(17)8-13(16)14(15)18/h10-13,17H,2-9H2,1H3,(H2,15,18)/t10-,11-,12+,13+/m1/s1. The smallest absolute Gasteiger partial charge is 0.234 e. The zero-order valence-corrected chi connectivity index (χ0v) is 11.3. The molecule has 2 aliphatic rings. The van der Waals surface area contributed by atoms with Gasteiger partial charge >= 0.3 is 0 Å². The summed E-state index contributed by atoms with van der Waals surface area (Å²) in [5.41, 5.74) is 5.39. The molecule has 2 fully saturated rings. The van der Waals surface area contributed by atoms with Crippen molar-refractivity contribution in [1.82, 2.24) is 4.90 Å². The van der Waals surface area contributed by atoms with Gasteiger partial charge in [-0.3, -0.25) is 9.69 Å². The first-order valence-corrected chi connectivity index (χ1v) is 7.27. The Labute approximate surface area is 110 Å². The summed E-state index contributed by atoms with van der Waals surface area (Å²) >= 11 is 0. The van der Waals surface area contributed by atoms with Crippen LogP contribution in [0.3, 0.4) is 0 Å². The zero-order chi connectivity index (χ0) is 13.1. The van der Waals surface area contributed by atoms with Crippen molar-refractivity contribution < 1.29 is 9.90 Å². The van der Waals surface area contributed by atoms with Gasteiger partial charge in [0.2, 0.25) is 5.91 Å². The van der Waals surface area contributed by atoms with Gasteiger partial charge in [-0.2, -0.15) is 0 Å². The summed E-state index contributed by atoms with van der Waals surface area (Å²) in [6, 6.07) is -0.249. The molecule has 4 atom stereocenters. The van der Waals surface area contributed by atoms with E-state index in [2.05, 4.69) is 11.8 Å². The molecule has 4 heteroatoms. The molecule has 0 radical (unpaired) electrons. The molecule has 18 heavy (non-hydrogen) atoms. The molecule has 0 spiro atoms. The quantitative estimate of drug-likeness (QED) is 0.790. The van der Waals surface area contributed by atoms with Gasteiger partial charge in [0.05, 0.1) is 12.1 Å². The normalized spacial score (nSPS) is 37.9. The van der Waals surface area contributed by atoms with E-state index >= 15 is 0 Å². The monoisotopic (exact) mass is 254 g/mol. The first-order valence-electron chi connectivity index (χ1n) is 7.27. The molecule has 1 aliphatic carbocycles. The highest BCUT2D eigenvalue weighted by Gasteiger charge is 2.34. The molecule has 0 aromatic heterocycles. The molecule has 2 rings (SSSR count). The number of hydrogen-bond acceptors (Lipinski definition) is 3. The van der Waals surface area contributed by atoms with E-state index in [0.29, 0.717) is 13.0 Å². The number of hydrogen-bond donors (Lipinski definition) is 2. The molecular formula is C14H26N2O2. The number of nitrogens with zero attached hydrogens (tertiary/aromatic N) is 1. The van der Waals surface area contributed by atoms with Crippen LogP contribution in [0.4, 0.5) is 0 Å². The number of nitrogens with two attached hydrogens (primary N) is 1. The Bertz CT molecular complexity index is 296. The number of aliphatic hydroxyl groups excluding tert-OH is 1. The average Bonchev–Trinajstić information content (AvgIpc) is 2.68. The Morgan fingerprint density at radius 2 is 2.17 bits per heavy atom. The summed E-state index contributed by atoms with van der Waals surface area (Å²) < 4.78 is 0. The van der Waals surface area contributed by atoms with Crippen molar-refractivity contribution in [3.05, 3.63) is 0 Å². The van der Waals surface area contributed by atoms with E-state index in [1.807, 2.05) is 0 Å². The lowest BCUT2D eigenvalue weighted by Crippen LogP contribution is -2.41. The maximum absolute atomic E-state index is 11.3. The number of carbonyl (C=O) groups excluding carboxylic acids is 1. The van der Waals surface area contributed by atoms with E-state index < -0.39 is 0 Å². The number of aliphatic hydroxyl groups is 1. The fourth-order valence-corrected chi connectivity index (χ4v) is 3.59. The van der Waals surface area contributed by atoms with E-state index in [1.54, 1.807) is 0 Å². The average molecular weight is 254 g/mol. The van der Waals surface area contributed by atoms with Crippen LogP contribution < -0.4 is 5.73 Å². The molecule has 1 amide bonds. The summed E-state index contributed by atoms with van der Waals surface area (Å²) in [6.45, 7) is 3.84. The van der Waals surface area contributed by atoms with Crippen molar-refractivity contribution in [3.63, 3.8) is 0 Å². The van der Waals surface area contributed by atoms with Gasteiger partial charge in [0, 0.05) is 6.54 Å². The summed E-state index contributed by atoms with van der Waals surface area (Å²) in [7, 11) is 0. The van der Waals surface area contributed by atoms with Crippen LogP contribution >= 0.6 is 0 Å². The second-order valence-electron chi connectivity index (χ2n) is 6.23. The van der Waals surface area contributed by atoms with Crippen molar-refractivity contribution in [3.8, 4) is 0 Å². The lowest BCUT2D eigenvalue weighted by Gasteiger charge is -2.29. The van der Waals surface area contributed by atoms with Crippen molar-refractivity contribution >= 4 is 5.91 Å². The lowest BCUT2D eigenvalue weighted by atomic mass is 9.81. The van der Waals surface area contributed by atoms with Crippen molar-refractivity contribution in [2.75, 3.05) is 13.1 Å². The maximum atomic E-state index is 11.3. The van der Waals surface area contributed by atoms with Crippen LogP contribution in [0.15, 0.2) is 0 Å². The predicted molar refractivity (Wildman–Crippen MR) is 70.9 cm³/mol. The van der Waals surface area contributed by atoms with Gasteiger partial charge in [0.15, 0.2) is 0 Å². The maximum Gasteiger partial charge on any atom is 0.234 e. The number of β-amino-alcohol motifs (C(OH)–C–C–N with tert-alkyl or cyclic N) is 1. The molecule has 0 aromatic carbocycles. The van der Waals surface area contributed by atoms with E-state index in [1.165, 1.54) is 25.7 Å². The van der Waals surface area contributed by atoms with Gasteiger partial charge in [-0.25, -0.2) is 0 Å². The highest BCUT2D eigenvalue weighted by atomic mass is 16.3. The topological polar surface area (TPSA) is 66.6 Å². The number of amides is 1. The SMILES string of the molecule is C[C@@H]1CCC[C@H](CCN2C[C@@H](O)C[C@H]2C(N)=O)C1. The Kier molecular flexibility index (Phi) is 4.62. The summed E-state index contributed by atoms with van der Waals surface area (Å²) in [4.78, 5) is 13.4. The van der Waals surface area contributed by atoms with E-state index in [-0.39, 0.29) is 18.1 Å². The van der Waals surface area contributed by atoms with Gasteiger partial charge in [0.25, 0.3) is 0 Å². The fraction of sp³-hybridized carbons (Fsp3) is 0.929. The summed E-state index contributed by atoms with van der Waals surface area (Å²) in [5.74, 6) is 1.35. The number of carbonyl (C=O) groups is 1. The molecule has 1 saturated heterocycles. The third-order valence-corrected chi connectivity index (χ3v) is 4.58. The van der Waals surface area contributed by atoms with Gasteiger partial charge in [-0.1, -0.05) is 26.2 Å². The fourth-order valence-electron chi connectivity index (χ4n) is 3.59. The molecule has 3 N–H and O–H groups in total.